The van der Waals surface area contributed by atoms with Crippen LogP contribution in [-0.4, -0.2) is 19.3 Å². The molecule has 4 N–H and O–H groups in total. The average Bonchev–Trinajstić information content (AvgIpc) is 2.54. The topological polar surface area (TPSA) is 95.2 Å². The van der Waals surface area contributed by atoms with Crippen LogP contribution < -0.4 is 20.9 Å². The summed E-state index contributed by atoms with van der Waals surface area (Å²) in [7, 11) is 1.58. The predicted octanol–water partition coefficient (Wildman–Crippen LogP) is 1.88. The molecule has 0 saturated heterocycles. The third-order valence-electron chi connectivity index (χ3n) is 2.82. The fraction of sp³-hybridized carbons (Fsp3) is 0.125. The van der Waals surface area contributed by atoms with Gasteiger partial charge in [0.2, 0.25) is 5.96 Å². The first kappa shape index (κ1) is 15.4. The highest BCUT2D eigenvalue weighted by Gasteiger charge is 2.04. The van der Waals surface area contributed by atoms with Crippen molar-refractivity contribution in [1.29, 1.82) is 0 Å². The molecule has 22 heavy (non-hydrogen) atoms. The molecule has 6 heteroatoms. The zero-order chi connectivity index (χ0) is 15.8. The van der Waals surface area contributed by atoms with E-state index in [1.165, 1.54) is 6.21 Å². The van der Waals surface area contributed by atoms with Gasteiger partial charge in [0.1, 0.15) is 18.1 Å². The highest BCUT2D eigenvalue weighted by atomic mass is 16.5. The first-order chi connectivity index (χ1) is 10.7. The SMILES string of the molecule is COc1ccc(OCc2ccccc2)cc1C=NN=C(N)N. The molecule has 2 aromatic carbocycles. The maximum absolute atomic E-state index is 5.76. The van der Waals surface area contributed by atoms with Gasteiger partial charge < -0.3 is 20.9 Å². The number of benzene rings is 2. The van der Waals surface area contributed by atoms with Crippen molar-refractivity contribution in [2.45, 2.75) is 6.61 Å². The van der Waals surface area contributed by atoms with Crippen LogP contribution in [0.2, 0.25) is 0 Å². The lowest BCUT2D eigenvalue weighted by Gasteiger charge is -2.09. The zero-order valence-electron chi connectivity index (χ0n) is 12.3. The van der Waals surface area contributed by atoms with Gasteiger partial charge in [-0.3, -0.25) is 0 Å². The van der Waals surface area contributed by atoms with E-state index in [2.05, 4.69) is 10.2 Å². The van der Waals surface area contributed by atoms with Gasteiger partial charge in [0.25, 0.3) is 0 Å². The summed E-state index contributed by atoms with van der Waals surface area (Å²) in [5, 5.41) is 7.35. The summed E-state index contributed by atoms with van der Waals surface area (Å²) in [6, 6.07) is 15.4. The van der Waals surface area contributed by atoms with Crippen LogP contribution in [0.15, 0.2) is 58.7 Å². The van der Waals surface area contributed by atoms with E-state index in [0.717, 1.165) is 11.1 Å². The van der Waals surface area contributed by atoms with Gasteiger partial charge in [0.05, 0.1) is 13.3 Å². The highest BCUT2D eigenvalue weighted by molar-refractivity contribution is 5.85. The van der Waals surface area contributed by atoms with Crippen molar-refractivity contribution in [2.24, 2.45) is 21.7 Å². The van der Waals surface area contributed by atoms with Gasteiger partial charge in [0.15, 0.2) is 0 Å². The molecule has 6 nitrogen and oxygen atoms in total. The lowest BCUT2D eigenvalue weighted by atomic mass is 10.2. The van der Waals surface area contributed by atoms with E-state index in [4.69, 9.17) is 20.9 Å². The van der Waals surface area contributed by atoms with Crippen LogP contribution in [0.1, 0.15) is 11.1 Å². The highest BCUT2D eigenvalue weighted by Crippen LogP contribution is 2.23. The molecule has 0 unspecified atom stereocenters. The van der Waals surface area contributed by atoms with Crippen molar-refractivity contribution < 1.29 is 9.47 Å². The number of nitrogens with zero attached hydrogens (tertiary/aromatic N) is 2. The van der Waals surface area contributed by atoms with E-state index in [1.54, 1.807) is 13.2 Å². The molecular formula is C16H18N4O2. The third kappa shape index (κ3) is 4.52. The summed E-state index contributed by atoms with van der Waals surface area (Å²) in [6.45, 7) is 0.484. The first-order valence-electron chi connectivity index (χ1n) is 6.66. The van der Waals surface area contributed by atoms with Crippen LogP contribution in [0.25, 0.3) is 0 Å². The van der Waals surface area contributed by atoms with Crippen LogP contribution in [0.3, 0.4) is 0 Å². The number of rotatable bonds is 6. The van der Waals surface area contributed by atoms with E-state index in [1.807, 2.05) is 42.5 Å². The molecule has 0 radical (unpaired) electrons. The molecule has 114 valence electrons. The molecular weight excluding hydrogens is 280 g/mol. The van der Waals surface area contributed by atoms with Crippen molar-refractivity contribution in [1.82, 2.24) is 0 Å². The Labute approximate surface area is 129 Å². The van der Waals surface area contributed by atoms with E-state index in [-0.39, 0.29) is 5.96 Å². The van der Waals surface area contributed by atoms with E-state index >= 15 is 0 Å². The van der Waals surface area contributed by atoms with Crippen LogP contribution >= 0.6 is 0 Å². The Hall–Kier alpha value is -3.02. The number of ether oxygens (including phenoxy) is 2. The average molecular weight is 298 g/mol. The molecule has 0 atom stereocenters. The van der Waals surface area contributed by atoms with E-state index < -0.39 is 0 Å². The van der Waals surface area contributed by atoms with Gasteiger partial charge in [0, 0.05) is 5.56 Å². The second-order valence-electron chi connectivity index (χ2n) is 4.45. The van der Waals surface area contributed by atoms with Crippen molar-refractivity contribution in [3.8, 4) is 11.5 Å². The Morgan fingerprint density at radius 1 is 1.14 bits per heavy atom. The molecule has 0 amide bonds. The summed E-state index contributed by atoms with van der Waals surface area (Å²) in [6.07, 6.45) is 1.51. The Balaban J connectivity index is 2.12. The Kier molecular flexibility index (Phi) is 5.37. The normalized spacial score (nSPS) is 10.4. The molecule has 0 spiro atoms. The Bertz CT molecular complexity index is 665. The summed E-state index contributed by atoms with van der Waals surface area (Å²) < 4.78 is 11.0. The molecule has 0 fully saturated rings. The molecule has 0 saturated carbocycles. The molecule has 0 heterocycles. The predicted molar refractivity (Wildman–Crippen MR) is 87.2 cm³/mol. The molecule has 2 aromatic rings. The van der Waals surface area contributed by atoms with Crippen molar-refractivity contribution in [3.63, 3.8) is 0 Å². The van der Waals surface area contributed by atoms with Crippen molar-refractivity contribution in [2.75, 3.05) is 7.11 Å². The van der Waals surface area contributed by atoms with Crippen molar-refractivity contribution >= 4 is 12.2 Å². The van der Waals surface area contributed by atoms with Crippen LogP contribution in [0.4, 0.5) is 0 Å². The van der Waals surface area contributed by atoms with E-state index in [0.29, 0.717) is 18.1 Å². The van der Waals surface area contributed by atoms with Crippen LogP contribution in [-0.2, 0) is 6.61 Å². The Morgan fingerprint density at radius 3 is 2.59 bits per heavy atom. The van der Waals surface area contributed by atoms with Crippen LogP contribution in [0.5, 0.6) is 11.5 Å². The zero-order valence-corrected chi connectivity index (χ0v) is 12.3. The number of guanidine groups is 1. The minimum Gasteiger partial charge on any atom is -0.496 e. The second-order valence-corrected chi connectivity index (χ2v) is 4.45. The summed E-state index contributed by atoms with van der Waals surface area (Å²) >= 11 is 0. The summed E-state index contributed by atoms with van der Waals surface area (Å²) in [5.74, 6) is 1.25. The molecule has 0 aliphatic rings. The van der Waals surface area contributed by atoms with Crippen molar-refractivity contribution in [3.05, 3.63) is 59.7 Å². The molecule has 0 aromatic heterocycles. The number of hydrogen-bond acceptors (Lipinski definition) is 4. The van der Waals surface area contributed by atoms with Gasteiger partial charge >= 0.3 is 0 Å². The third-order valence-corrected chi connectivity index (χ3v) is 2.82. The maximum Gasteiger partial charge on any atom is 0.211 e. The Morgan fingerprint density at radius 2 is 1.91 bits per heavy atom. The molecule has 0 aliphatic heterocycles. The fourth-order valence-electron chi connectivity index (χ4n) is 1.80. The number of nitrogens with two attached hydrogens (primary N) is 2. The number of methoxy groups -OCH3 is 1. The van der Waals surface area contributed by atoms with Gasteiger partial charge in [-0.05, 0) is 23.8 Å². The smallest absolute Gasteiger partial charge is 0.211 e. The second kappa shape index (κ2) is 7.68. The standard InChI is InChI=1S/C16H18N4O2/c1-21-15-8-7-14(9-13(15)10-19-20-16(17)18)22-11-12-5-3-2-4-6-12/h2-10H,11H2,1H3,(H4,17,18,20). The minimum atomic E-state index is -0.105. The van der Waals surface area contributed by atoms with Gasteiger partial charge in [-0.2, -0.15) is 5.10 Å². The lowest BCUT2D eigenvalue weighted by molar-refractivity contribution is 0.305. The maximum atomic E-state index is 5.76. The quantitative estimate of drug-likeness (QED) is 0.483. The fourth-order valence-corrected chi connectivity index (χ4v) is 1.80. The monoisotopic (exact) mass is 298 g/mol. The largest absolute Gasteiger partial charge is 0.496 e. The lowest BCUT2D eigenvalue weighted by Crippen LogP contribution is -2.21. The minimum absolute atomic E-state index is 0.105. The van der Waals surface area contributed by atoms with Gasteiger partial charge in [-0.1, -0.05) is 30.3 Å². The molecule has 2 rings (SSSR count). The molecule has 0 aliphatic carbocycles. The first-order valence-corrected chi connectivity index (χ1v) is 6.66. The van der Waals surface area contributed by atoms with Gasteiger partial charge in [-0.25, -0.2) is 0 Å². The number of hydrogen-bond donors (Lipinski definition) is 2. The van der Waals surface area contributed by atoms with Gasteiger partial charge in [-0.15, -0.1) is 5.10 Å². The summed E-state index contributed by atoms with van der Waals surface area (Å²) in [5.41, 5.74) is 12.3. The van der Waals surface area contributed by atoms with Crippen LogP contribution in [0, 0.1) is 0 Å². The molecule has 0 bridgehead atoms. The van der Waals surface area contributed by atoms with E-state index in [9.17, 15) is 0 Å². The summed E-state index contributed by atoms with van der Waals surface area (Å²) in [4.78, 5) is 0.